The van der Waals surface area contributed by atoms with Crippen molar-refractivity contribution in [1.82, 2.24) is 10.7 Å². The SMILES string of the molecule is C/C(Cc1ccccc1)=N/NC(=O)C[C@H](NC(=O)c1ccccc1)c1ccccc1. The number of nitrogens with zero attached hydrogens (tertiary/aromatic N) is 1. The van der Waals surface area contributed by atoms with Crippen molar-refractivity contribution < 1.29 is 9.59 Å². The molecule has 5 heteroatoms. The van der Waals surface area contributed by atoms with E-state index in [1.807, 2.05) is 85.8 Å². The van der Waals surface area contributed by atoms with Crippen molar-refractivity contribution in [3.63, 3.8) is 0 Å². The fourth-order valence-corrected chi connectivity index (χ4v) is 3.09. The highest BCUT2D eigenvalue weighted by Crippen LogP contribution is 2.17. The number of carbonyl (C=O) groups is 2. The summed E-state index contributed by atoms with van der Waals surface area (Å²) in [5, 5.41) is 7.17. The van der Waals surface area contributed by atoms with Gasteiger partial charge >= 0.3 is 0 Å². The highest BCUT2D eigenvalue weighted by atomic mass is 16.2. The lowest BCUT2D eigenvalue weighted by molar-refractivity contribution is -0.121. The van der Waals surface area contributed by atoms with Gasteiger partial charge in [0.05, 0.1) is 12.5 Å². The summed E-state index contributed by atoms with van der Waals surface area (Å²) in [6, 6.07) is 27.9. The lowest BCUT2D eigenvalue weighted by atomic mass is 10.0. The monoisotopic (exact) mass is 399 g/mol. The van der Waals surface area contributed by atoms with Crippen LogP contribution in [0.1, 0.15) is 40.9 Å². The molecule has 5 nitrogen and oxygen atoms in total. The van der Waals surface area contributed by atoms with E-state index in [-0.39, 0.29) is 18.2 Å². The number of benzene rings is 3. The van der Waals surface area contributed by atoms with Gasteiger partial charge in [-0.2, -0.15) is 5.10 Å². The first-order valence-corrected chi connectivity index (χ1v) is 9.88. The molecule has 3 aromatic carbocycles. The lowest BCUT2D eigenvalue weighted by Crippen LogP contribution is -2.32. The van der Waals surface area contributed by atoms with Gasteiger partial charge in [0.15, 0.2) is 0 Å². The quantitative estimate of drug-likeness (QED) is 0.438. The molecule has 2 amide bonds. The third-order valence-corrected chi connectivity index (χ3v) is 4.61. The molecule has 0 radical (unpaired) electrons. The Kier molecular flexibility index (Phi) is 7.50. The fraction of sp³-hybridized carbons (Fsp3) is 0.160. The molecule has 0 aliphatic carbocycles. The fourth-order valence-electron chi connectivity index (χ4n) is 3.09. The van der Waals surface area contributed by atoms with Crippen molar-refractivity contribution in [2.75, 3.05) is 0 Å². The molecule has 1 atom stereocenters. The first kappa shape index (κ1) is 21.0. The van der Waals surface area contributed by atoms with Crippen LogP contribution >= 0.6 is 0 Å². The lowest BCUT2D eigenvalue weighted by Gasteiger charge is -2.18. The van der Waals surface area contributed by atoms with Gasteiger partial charge in [0.25, 0.3) is 5.91 Å². The largest absolute Gasteiger partial charge is 0.345 e. The number of amides is 2. The zero-order valence-electron chi connectivity index (χ0n) is 16.9. The molecule has 0 aliphatic heterocycles. The summed E-state index contributed by atoms with van der Waals surface area (Å²) in [5.74, 6) is -0.481. The predicted molar refractivity (Wildman–Crippen MR) is 119 cm³/mol. The number of carbonyl (C=O) groups excluding carboxylic acids is 2. The van der Waals surface area contributed by atoms with E-state index >= 15 is 0 Å². The summed E-state index contributed by atoms with van der Waals surface area (Å²) in [5.41, 5.74) is 5.96. The van der Waals surface area contributed by atoms with E-state index in [1.165, 1.54) is 0 Å². The van der Waals surface area contributed by atoms with Gasteiger partial charge in [-0.3, -0.25) is 9.59 Å². The molecule has 3 aromatic rings. The maximum absolute atomic E-state index is 12.6. The standard InChI is InChI=1S/C25H25N3O2/c1-19(17-20-11-5-2-6-12-20)27-28-24(29)18-23(21-13-7-3-8-14-21)26-25(30)22-15-9-4-10-16-22/h2-16,23H,17-18H2,1H3,(H,26,30)(H,28,29)/b27-19-/t23-/m0/s1. The highest BCUT2D eigenvalue weighted by molar-refractivity contribution is 5.94. The molecule has 0 aromatic heterocycles. The van der Waals surface area contributed by atoms with E-state index in [1.54, 1.807) is 12.1 Å². The third-order valence-electron chi connectivity index (χ3n) is 4.61. The Hall–Kier alpha value is -3.73. The van der Waals surface area contributed by atoms with Crippen molar-refractivity contribution >= 4 is 17.5 Å². The molecule has 30 heavy (non-hydrogen) atoms. The first-order valence-electron chi connectivity index (χ1n) is 9.88. The maximum Gasteiger partial charge on any atom is 0.251 e. The summed E-state index contributed by atoms with van der Waals surface area (Å²) in [6.07, 6.45) is 0.749. The Morgan fingerprint density at radius 2 is 1.40 bits per heavy atom. The molecule has 0 aliphatic rings. The molecule has 0 saturated heterocycles. The van der Waals surface area contributed by atoms with Crippen LogP contribution in [0.5, 0.6) is 0 Å². The van der Waals surface area contributed by atoms with E-state index in [9.17, 15) is 9.59 Å². The Balaban J connectivity index is 1.64. The van der Waals surface area contributed by atoms with Gasteiger partial charge in [0.2, 0.25) is 5.91 Å². The van der Waals surface area contributed by atoms with Crippen LogP contribution in [0.4, 0.5) is 0 Å². The van der Waals surface area contributed by atoms with E-state index in [0.29, 0.717) is 12.0 Å². The van der Waals surface area contributed by atoms with E-state index in [2.05, 4.69) is 15.8 Å². The average molecular weight is 399 g/mol. The van der Waals surface area contributed by atoms with E-state index < -0.39 is 6.04 Å². The van der Waals surface area contributed by atoms with Gasteiger partial charge in [-0.1, -0.05) is 78.9 Å². The first-order chi connectivity index (χ1) is 14.6. The molecule has 0 spiro atoms. The van der Waals surface area contributed by atoms with Crippen molar-refractivity contribution in [2.24, 2.45) is 5.10 Å². The molecule has 0 heterocycles. The second-order valence-electron chi connectivity index (χ2n) is 7.05. The smallest absolute Gasteiger partial charge is 0.251 e. The predicted octanol–water partition coefficient (Wildman–Crippen LogP) is 4.28. The molecule has 2 N–H and O–H groups in total. The van der Waals surface area contributed by atoms with Crippen LogP contribution in [-0.4, -0.2) is 17.5 Å². The van der Waals surface area contributed by atoms with Gasteiger partial charge in [0, 0.05) is 17.7 Å². The minimum absolute atomic E-state index is 0.0880. The van der Waals surface area contributed by atoms with Crippen LogP contribution in [0.2, 0.25) is 0 Å². The minimum Gasteiger partial charge on any atom is -0.345 e. The Labute approximate surface area is 176 Å². The van der Waals surface area contributed by atoms with Crippen molar-refractivity contribution in [2.45, 2.75) is 25.8 Å². The third kappa shape index (κ3) is 6.41. The molecular formula is C25H25N3O2. The molecule has 0 unspecified atom stereocenters. The molecule has 0 saturated carbocycles. The number of nitrogens with one attached hydrogen (secondary N) is 2. The zero-order chi connectivity index (χ0) is 21.2. The second-order valence-corrected chi connectivity index (χ2v) is 7.05. The topological polar surface area (TPSA) is 70.6 Å². The molecule has 152 valence electrons. The highest BCUT2D eigenvalue weighted by Gasteiger charge is 2.19. The molecule has 3 rings (SSSR count). The summed E-state index contributed by atoms with van der Waals surface area (Å²) in [6.45, 7) is 1.87. The van der Waals surface area contributed by atoms with Crippen molar-refractivity contribution in [1.29, 1.82) is 0 Å². The van der Waals surface area contributed by atoms with Crippen molar-refractivity contribution in [3.05, 3.63) is 108 Å². The van der Waals surface area contributed by atoms with E-state index in [4.69, 9.17) is 0 Å². The van der Waals surface area contributed by atoms with Gasteiger partial charge in [-0.25, -0.2) is 5.43 Å². The van der Waals surface area contributed by atoms with Crippen LogP contribution in [0.25, 0.3) is 0 Å². The number of hydrogen-bond acceptors (Lipinski definition) is 3. The number of hydrogen-bond donors (Lipinski definition) is 2. The number of rotatable bonds is 8. The summed E-state index contributed by atoms with van der Waals surface area (Å²) >= 11 is 0. The van der Waals surface area contributed by atoms with Crippen LogP contribution < -0.4 is 10.7 Å². The van der Waals surface area contributed by atoms with Gasteiger partial charge in [0.1, 0.15) is 0 Å². The van der Waals surface area contributed by atoms with Crippen LogP contribution in [-0.2, 0) is 11.2 Å². The zero-order valence-corrected chi connectivity index (χ0v) is 16.9. The molecule has 0 fully saturated rings. The minimum atomic E-state index is -0.455. The average Bonchev–Trinajstić information content (AvgIpc) is 2.79. The van der Waals surface area contributed by atoms with Crippen LogP contribution in [0.3, 0.4) is 0 Å². The maximum atomic E-state index is 12.6. The summed E-state index contributed by atoms with van der Waals surface area (Å²) in [7, 11) is 0. The van der Waals surface area contributed by atoms with Crippen molar-refractivity contribution in [3.8, 4) is 0 Å². The summed E-state index contributed by atoms with van der Waals surface area (Å²) in [4.78, 5) is 25.1. The van der Waals surface area contributed by atoms with Crippen LogP contribution in [0.15, 0.2) is 96.1 Å². The van der Waals surface area contributed by atoms with Gasteiger partial charge < -0.3 is 5.32 Å². The second kappa shape index (κ2) is 10.7. The summed E-state index contributed by atoms with van der Waals surface area (Å²) < 4.78 is 0. The van der Waals surface area contributed by atoms with E-state index in [0.717, 1.165) is 16.8 Å². The van der Waals surface area contributed by atoms with Crippen LogP contribution in [0, 0.1) is 0 Å². The van der Waals surface area contributed by atoms with Gasteiger partial charge in [-0.05, 0) is 30.2 Å². The normalized spacial score (nSPS) is 12.1. The van der Waals surface area contributed by atoms with Gasteiger partial charge in [-0.15, -0.1) is 0 Å². The molecular weight excluding hydrogens is 374 g/mol. The molecule has 0 bridgehead atoms. The Morgan fingerprint density at radius 3 is 2.03 bits per heavy atom. The Bertz CT molecular complexity index is 987. The number of hydrazone groups is 1. The Morgan fingerprint density at radius 1 is 0.833 bits per heavy atom.